The van der Waals surface area contributed by atoms with E-state index in [9.17, 15) is 9.59 Å². The number of hydrogen-bond donors (Lipinski definition) is 1. The first-order chi connectivity index (χ1) is 11.7. The zero-order valence-electron chi connectivity index (χ0n) is 12.6. The van der Waals surface area contributed by atoms with Crippen LogP contribution < -0.4 is 5.76 Å². The van der Waals surface area contributed by atoms with Gasteiger partial charge in [0.05, 0.1) is 25.0 Å². The molecule has 3 aromatic heterocycles. The van der Waals surface area contributed by atoms with Crippen LogP contribution in [0.4, 0.5) is 0 Å². The molecule has 1 fully saturated rings. The molecule has 0 radical (unpaired) electrons. The Balaban J connectivity index is 1.49. The number of aromatic nitrogens is 5. The Bertz CT molecular complexity index is 896. The van der Waals surface area contributed by atoms with Gasteiger partial charge in [-0.15, -0.1) is 5.10 Å². The highest BCUT2D eigenvalue weighted by Crippen LogP contribution is 2.22. The van der Waals surface area contributed by atoms with Crippen molar-refractivity contribution < 1.29 is 9.21 Å². The second-order valence-corrected chi connectivity index (χ2v) is 6.25. The average Bonchev–Trinajstić information content (AvgIpc) is 3.35. The zero-order valence-corrected chi connectivity index (χ0v) is 13.4. The second kappa shape index (κ2) is 6.04. The summed E-state index contributed by atoms with van der Waals surface area (Å²) in [5.74, 6) is -0.856. The summed E-state index contributed by atoms with van der Waals surface area (Å²) in [6.07, 6.45) is 6.55. The van der Waals surface area contributed by atoms with Crippen molar-refractivity contribution >= 4 is 17.4 Å². The molecule has 4 heterocycles. The lowest BCUT2D eigenvalue weighted by Crippen LogP contribution is -2.38. The third kappa shape index (κ3) is 2.75. The first-order valence-corrected chi connectivity index (χ1v) is 8.33. The highest BCUT2D eigenvalue weighted by Gasteiger charge is 2.31. The van der Waals surface area contributed by atoms with E-state index in [1.165, 1.54) is 11.5 Å². The summed E-state index contributed by atoms with van der Waals surface area (Å²) in [6, 6.07) is 0.00560. The molecule has 4 rings (SSSR count). The van der Waals surface area contributed by atoms with E-state index < -0.39 is 5.76 Å². The fourth-order valence-corrected chi connectivity index (χ4v) is 3.43. The molecule has 10 heteroatoms. The molecular weight excluding hydrogens is 332 g/mol. The zero-order chi connectivity index (χ0) is 16.5. The fraction of sp³-hybridized carbons (Fsp3) is 0.357. The first kappa shape index (κ1) is 14.8. The lowest BCUT2D eigenvalue weighted by atomic mass is 10.2. The highest BCUT2D eigenvalue weighted by atomic mass is 32.1. The standard InChI is InChI=1S/C14H14N6O3S/c21-13(12-7-23-14(22)16-12)20-3-1-2-10(20)5-19-6-11(17-18-19)9-4-15-24-8-9/h4,6-8,10H,1-3,5H2,(H,16,22)/t10-/m0/s1. The van der Waals surface area contributed by atoms with Crippen molar-refractivity contribution in [2.24, 2.45) is 0 Å². The average molecular weight is 346 g/mol. The Kier molecular flexibility index (Phi) is 3.73. The van der Waals surface area contributed by atoms with E-state index in [4.69, 9.17) is 0 Å². The van der Waals surface area contributed by atoms with Crippen LogP contribution in [0.25, 0.3) is 11.3 Å². The smallest absolute Gasteiger partial charge is 0.416 e. The predicted octanol–water partition coefficient (Wildman–Crippen LogP) is 0.988. The number of amides is 1. The highest BCUT2D eigenvalue weighted by molar-refractivity contribution is 7.03. The van der Waals surface area contributed by atoms with E-state index in [0.29, 0.717) is 13.1 Å². The van der Waals surface area contributed by atoms with Crippen molar-refractivity contribution in [2.75, 3.05) is 6.54 Å². The van der Waals surface area contributed by atoms with Gasteiger partial charge >= 0.3 is 5.76 Å². The number of hydrogen-bond acceptors (Lipinski definition) is 7. The van der Waals surface area contributed by atoms with Crippen LogP contribution in [0, 0.1) is 0 Å². The van der Waals surface area contributed by atoms with Crippen molar-refractivity contribution in [1.29, 1.82) is 0 Å². The summed E-state index contributed by atoms with van der Waals surface area (Å²) < 4.78 is 10.4. The normalized spacial score (nSPS) is 17.5. The predicted molar refractivity (Wildman–Crippen MR) is 84.5 cm³/mol. The lowest BCUT2D eigenvalue weighted by Gasteiger charge is -2.23. The number of oxazole rings is 1. The van der Waals surface area contributed by atoms with Gasteiger partial charge in [-0.2, -0.15) is 0 Å². The van der Waals surface area contributed by atoms with Crippen LogP contribution in [0.3, 0.4) is 0 Å². The van der Waals surface area contributed by atoms with Crippen LogP contribution in [0.5, 0.6) is 0 Å². The topological polar surface area (TPSA) is 110 Å². The van der Waals surface area contributed by atoms with Crippen LogP contribution >= 0.6 is 11.5 Å². The lowest BCUT2D eigenvalue weighted by molar-refractivity contribution is 0.0715. The summed E-state index contributed by atoms with van der Waals surface area (Å²) in [5.41, 5.74) is 1.87. The monoisotopic (exact) mass is 346 g/mol. The number of nitrogens with one attached hydrogen (secondary N) is 1. The van der Waals surface area contributed by atoms with Crippen molar-refractivity contribution in [2.45, 2.75) is 25.4 Å². The van der Waals surface area contributed by atoms with Crippen molar-refractivity contribution in [1.82, 2.24) is 29.3 Å². The van der Waals surface area contributed by atoms with E-state index in [0.717, 1.165) is 30.4 Å². The summed E-state index contributed by atoms with van der Waals surface area (Å²) >= 11 is 1.36. The Morgan fingerprint density at radius 3 is 3.17 bits per heavy atom. The Hall–Kier alpha value is -2.75. The number of carbonyl (C=O) groups is 1. The molecule has 24 heavy (non-hydrogen) atoms. The maximum Gasteiger partial charge on any atom is 0.416 e. The first-order valence-electron chi connectivity index (χ1n) is 7.49. The molecule has 1 N–H and O–H groups in total. The third-order valence-electron chi connectivity index (χ3n) is 4.05. The van der Waals surface area contributed by atoms with Gasteiger partial charge in [0.1, 0.15) is 17.7 Å². The maximum absolute atomic E-state index is 12.5. The minimum Gasteiger partial charge on any atom is -0.416 e. The van der Waals surface area contributed by atoms with Gasteiger partial charge in [0.15, 0.2) is 0 Å². The molecule has 0 saturated carbocycles. The van der Waals surface area contributed by atoms with Gasteiger partial charge < -0.3 is 9.32 Å². The SMILES string of the molecule is O=C(c1coc(=O)[nH]1)N1CCC[C@H]1Cn1cc(-c2cnsc2)nn1. The Labute approximate surface area is 140 Å². The van der Waals surface area contributed by atoms with Gasteiger partial charge in [-0.3, -0.25) is 9.78 Å². The number of likely N-dealkylation sites (tertiary alicyclic amines) is 1. The van der Waals surface area contributed by atoms with Gasteiger partial charge in [0.2, 0.25) is 0 Å². The van der Waals surface area contributed by atoms with Crippen molar-refractivity contribution in [3.63, 3.8) is 0 Å². The van der Waals surface area contributed by atoms with Crippen LogP contribution in [0.1, 0.15) is 23.3 Å². The van der Waals surface area contributed by atoms with Crippen LogP contribution in [-0.4, -0.2) is 47.7 Å². The van der Waals surface area contributed by atoms with Crippen LogP contribution in [0.15, 0.2) is 33.2 Å². The maximum atomic E-state index is 12.5. The minimum atomic E-state index is -0.626. The quantitative estimate of drug-likeness (QED) is 0.754. The molecule has 0 bridgehead atoms. The van der Waals surface area contributed by atoms with Gasteiger partial charge in [0.25, 0.3) is 5.91 Å². The van der Waals surface area contributed by atoms with E-state index in [2.05, 4.69) is 24.1 Å². The van der Waals surface area contributed by atoms with Crippen molar-refractivity contribution in [3.05, 3.63) is 40.3 Å². The molecule has 0 aromatic carbocycles. The van der Waals surface area contributed by atoms with Gasteiger partial charge in [-0.25, -0.2) is 13.8 Å². The fourth-order valence-electron chi connectivity index (χ4n) is 2.90. The molecule has 1 atom stereocenters. The van der Waals surface area contributed by atoms with Crippen molar-refractivity contribution in [3.8, 4) is 11.3 Å². The molecule has 1 amide bonds. The van der Waals surface area contributed by atoms with E-state index >= 15 is 0 Å². The van der Waals surface area contributed by atoms with E-state index in [1.54, 1.807) is 15.8 Å². The van der Waals surface area contributed by atoms with Crippen LogP contribution in [0.2, 0.25) is 0 Å². The number of aromatic amines is 1. The molecule has 0 unspecified atom stereocenters. The van der Waals surface area contributed by atoms with E-state index in [1.807, 2.05) is 11.6 Å². The third-order valence-corrected chi connectivity index (χ3v) is 4.64. The number of carbonyl (C=O) groups excluding carboxylic acids is 1. The molecule has 0 aliphatic carbocycles. The van der Waals surface area contributed by atoms with Gasteiger partial charge in [-0.05, 0) is 24.4 Å². The molecule has 9 nitrogen and oxygen atoms in total. The largest absolute Gasteiger partial charge is 0.416 e. The van der Waals surface area contributed by atoms with E-state index in [-0.39, 0.29) is 17.6 Å². The second-order valence-electron chi connectivity index (χ2n) is 5.60. The molecule has 1 aliphatic heterocycles. The number of nitrogens with zero attached hydrogens (tertiary/aromatic N) is 5. The van der Waals surface area contributed by atoms with Crippen LogP contribution in [-0.2, 0) is 6.54 Å². The van der Waals surface area contributed by atoms with Gasteiger partial charge in [-0.1, -0.05) is 5.21 Å². The molecule has 3 aromatic rings. The summed E-state index contributed by atoms with van der Waals surface area (Å²) in [5, 5.41) is 10.2. The van der Waals surface area contributed by atoms with Gasteiger partial charge in [0, 0.05) is 17.5 Å². The molecule has 0 spiro atoms. The summed E-state index contributed by atoms with van der Waals surface area (Å²) in [6.45, 7) is 1.20. The summed E-state index contributed by atoms with van der Waals surface area (Å²) in [7, 11) is 0. The number of rotatable bonds is 4. The Morgan fingerprint density at radius 1 is 1.50 bits per heavy atom. The molecule has 124 valence electrons. The molecule has 1 saturated heterocycles. The Morgan fingerprint density at radius 2 is 2.42 bits per heavy atom. The molecule has 1 aliphatic rings. The minimum absolute atomic E-state index is 0.00560. The summed E-state index contributed by atoms with van der Waals surface area (Å²) in [4.78, 5) is 27.7. The molecular formula is C14H14N6O3S. The number of H-pyrrole nitrogens is 1.